The lowest BCUT2D eigenvalue weighted by molar-refractivity contribution is -0.137. The summed E-state index contributed by atoms with van der Waals surface area (Å²) >= 11 is 1.61. The molecule has 0 aromatic heterocycles. The Morgan fingerprint density at radius 1 is 1.43 bits per heavy atom. The van der Waals surface area contributed by atoms with Crippen molar-refractivity contribution in [1.82, 2.24) is 0 Å². The number of aliphatic hydroxyl groups excluding tert-OH is 2. The Kier molecular flexibility index (Phi) is 9.07. The average Bonchev–Trinajstić information content (AvgIpc) is 3.08. The van der Waals surface area contributed by atoms with Crippen molar-refractivity contribution in [3.05, 3.63) is 12.2 Å². The molecule has 6 heteroatoms. The van der Waals surface area contributed by atoms with Crippen LogP contribution in [-0.2, 0) is 4.79 Å². The van der Waals surface area contributed by atoms with Gasteiger partial charge in [-0.15, -0.1) is 17.7 Å². The molecule has 5 atom stereocenters. The highest BCUT2D eigenvalue weighted by atomic mass is 32.2. The van der Waals surface area contributed by atoms with Crippen molar-refractivity contribution in [3.8, 4) is 11.8 Å². The Morgan fingerprint density at radius 2 is 2.21 bits per heavy atom. The summed E-state index contributed by atoms with van der Waals surface area (Å²) in [6.45, 7) is 3.94. The molecule has 1 aliphatic carbocycles. The first-order valence-corrected chi connectivity index (χ1v) is 11.3. The maximum atomic E-state index is 10.7. The van der Waals surface area contributed by atoms with Gasteiger partial charge in [0.1, 0.15) is 5.54 Å². The molecule has 1 saturated carbocycles. The second kappa shape index (κ2) is 11.0. The molecule has 2 aliphatic rings. The molecular weight excluding hydrogens is 374 g/mol. The minimum absolute atomic E-state index is 0.0671. The van der Waals surface area contributed by atoms with E-state index >= 15 is 0 Å². The van der Waals surface area contributed by atoms with Gasteiger partial charge in [-0.2, -0.15) is 0 Å². The van der Waals surface area contributed by atoms with Crippen molar-refractivity contribution in [1.29, 1.82) is 0 Å². The molecule has 0 spiro atoms. The molecular formula is C22H33NO4S. The zero-order chi connectivity index (χ0) is 20.6. The number of thioether (sulfide) groups is 1. The van der Waals surface area contributed by atoms with Crippen LogP contribution in [0.2, 0.25) is 0 Å². The monoisotopic (exact) mass is 407 g/mol. The molecule has 156 valence electrons. The minimum atomic E-state index is -0.773. The number of aliphatic carboxylic acids is 1. The molecule has 0 amide bonds. The first-order chi connectivity index (χ1) is 13.4. The topological polar surface area (TPSA) is 90.1 Å². The highest BCUT2D eigenvalue weighted by Crippen LogP contribution is 2.50. The lowest BCUT2D eigenvalue weighted by Gasteiger charge is -2.22. The van der Waals surface area contributed by atoms with Crippen LogP contribution in [0, 0.1) is 23.7 Å². The highest BCUT2D eigenvalue weighted by Gasteiger charge is 2.55. The molecule has 28 heavy (non-hydrogen) atoms. The predicted octanol–water partition coefficient (Wildman–Crippen LogP) is 3.64. The summed E-state index contributed by atoms with van der Waals surface area (Å²) in [5, 5.41) is 30.6. The fourth-order valence-corrected chi connectivity index (χ4v) is 5.24. The number of carboxylic acids is 1. The van der Waals surface area contributed by atoms with Crippen LogP contribution in [0.5, 0.6) is 0 Å². The first-order valence-electron chi connectivity index (χ1n) is 10.3. The van der Waals surface area contributed by atoms with Gasteiger partial charge in [0, 0.05) is 31.1 Å². The maximum absolute atomic E-state index is 10.7. The van der Waals surface area contributed by atoms with Gasteiger partial charge in [0.15, 0.2) is 0 Å². The number of unbranched alkanes of at least 4 members (excludes halogenated alkanes) is 2. The third-order valence-electron chi connectivity index (χ3n) is 5.57. The van der Waals surface area contributed by atoms with Crippen molar-refractivity contribution in [2.75, 3.05) is 5.75 Å². The molecule has 0 aromatic carbocycles. The number of nitrogens with zero attached hydrogens (tertiary/aromatic N) is 1. The third-order valence-corrected chi connectivity index (χ3v) is 6.65. The number of carboxylic acid groups (broad SMARTS) is 1. The van der Waals surface area contributed by atoms with E-state index in [-0.39, 0.29) is 18.3 Å². The molecule has 1 fully saturated rings. The maximum Gasteiger partial charge on any atom is 0.303 e. The lowest BCUT2D eigenvalue weighted by Crippen LogP contribution is -2.27. The Bertz CT molecular complexity index is 651. The Hall–Kier alpha value is -1.29. The molecule has 0 aromatic rings. The summed E-state index contributed by atoms with van der Waals surface area (Å²) in [5.41, 5.74) is -0.550. The van der Waals surface area contributed by atoms with E-state index in [0.29, 0.717) is 12.8 Å². The Labute approximate surface area is 172 Å². The van der Waals surface area contributed by atoms with Crippen LogP contribution in [0.4, 0.5) is 0 Å². The molecule has 1 heterocycles. The van der Waals surface area contributed by atoms with Gasteiger partial charge in [0.05, 0.1) is 17.3 Å². The Morgan fingerprint density at radius 3 is 2.89 bits per heavy atom. The van der Waals surface area contributed by atoms with Gasteiger partial charge in [-0.3, -0.25) is 9.79 Å². The largest absolute Gasteiger partial charge is 0.481 e. The third kappa shape index (κ3) is 6.10. The Balaban J connectivity index is 2.01. The predicted molar refractivity (Wildman–Crippen MR) is 114 cm³/mol. The van der Waals surface area contributed by atoms with Crippen LogP contribution in [0.1, 0.15) is 65.2 Å². The molecule has 1 aliphatic heterocycles. The number of aliphatic imine (C=N–C) groups is 1. The van der Waals surface area contributed by atoms with Crippen LogP contribution in [0.3, 0.4) is 0 Å². The molecule has 5 nitrogen and oxygen atoms in total. The van der Waals surface area contributed by atoms with Crippen molar-refractivity contribution >= 4 is 22.8 Å². The quantitative estimate of drug-likeness (QED) is 0.292. The molecule has 2 rings (SSSR count). The van der Waals surface area contributed by atoms with E-state index in [4.69, 9.17) is 10.1 Å². The van der Waals surface area contributed by atoms with E-state index in [9.17, 15) is 15.0 Å². The van der Waals surface area contributed by atoms with Crippen LogP contribution in [-0.4, -0.2) is 49.8 Å². The van der Waals surface area contributed by atoms with Gasteiger partial charge in [-0.25, -0.2) is 0 Å². The van der Waals surface area contributed by atoms with E-state index in [1.54, 1.807) is 18.7 Å². The van der Waals surface area contributed by atoms with E-state index in [0.717, 1.165) is 42.9 Å². The number of hydrogen-bond donors (Lipinski definition) is 3. The van der Waals surface area contributed by atoms with E-state index < -0.39 is 23.7 Å². The minimum Gasteiger partial charge on any atom is -0.481 e. The summed E-state index contributed by atoms with van der Waals surface area (Å²) in [7, 11) is 0. The van der Waals surface area contributed by atoms with Crippen molar-refractivity contribution in [2.24, 2.45) is 16.8 Å². The smallest absolute Gasteiger partial charge is 0.303 e. The normalized spacial score (nSPS) is 30.0. The average molecular weight is 408 g/mol. The molecule has 0 radical (unpaired) electrons. The van der Waals surface area contributed by atoms with Gasteiger partial charge < -0.3 is 15.3 Å². The van der Waals surface area contributed by atoms with Crippen molar-refractivity contribution in [3.63, 3.8) is 0 Å². The van der Waals surface area contributed by atoms with E-state index in [1.165, 1.54) is 0 Å². The van der Waals surface area contributed by atoms with Crippen LogP contribution in [0.15, 0.2) is 17.1 Å². The fourth-order valence-electron chi connectivity index (χ4n) is 4.19. The SMILES string of the molecule is CC#CC12CC(O)C(C=CC(O)CCCCC)C1CC(SCCCC(=O)O)=N2. The van der Waals surface area contributed by atoms with Crippen molar-refractivity contribution in [2.45, 2.75) is 83.0 Å². The first kappa shape index (κ1) is 23.0. The van der Waals surface area contributed by atoms with E-state index in [1.807, 2.05) is 12.2 Å². The van der Waals surface area contributed by atoms with Gasteiger partial charge in [-0.1, -0.05) is 44.3 Å². The highest BCUT2D eigenvalue weighted by molar-refractivity contribution is 8.13. The zero-order valence-corrected chi connectivity index (χ0v) is 17.7. The van der Waals surface area contributed by atoms with Gasteiger partial charge in [0.2, 0.25) is 0 Å². The number of carbonyl (C=O) groups is 1. The number of rotatable bonds is 10. The molecule has 5 unspecified atom stereocenters. The molecule has 0 bridgehead atoms. The van der Waals surface area contributed by atoms with Gasteiger partial charge in [-0.05, 0) is 25.5 Å². The summed E-state index contributed by atoms with van der Waals surface area (Å²) in [5.74, 6) is 6.23. The number of aliphatic hydroxyl groups is 2. The van der Waals surface area contributed by atoms with Gasteiger partial charge in [0.25, 0.3) is 0 Å². The zero-order valence-electron chi connectivity index (χ0n) is 16.9. The van der Waals surface area contributed by atoms with Crippen LogP contribution < -0.4 is 0 Å². The second-order valence-corrected chi connectivity index (χ2v) is 8.93. The summed E-state index contributed by atoms with van der Waals surface area (Å²) in [6, 6.07) is 0. The fraction of sp³-hybridized carbons (Fsp3) is 0.727. The summed E-state index contributed by atoms with van der Waals surface area (Å²) < 4.78 is 0. The number of fused-ring (bicyclic) bond motifs is 1. The summed E-state index contributed by atoms with van der Waals surface area (Å²) in [6.07, 6.45) is 8.87. The van der Waals surface area contributed by atoms with Crippen LogP contribution >= 0.6 is 11.8 Å². The van der Waals surface area contributed by atoms with Gasteiger partial charge >= 0.3 is 5.97 Å². The second-order valence-electron chi connectivity index (χ2n) is 7.76. The standard InChI is InChI=1S/C22H33NO4S/c1-3-5-6-8-16(24)10-11-17-18-14-20(28-13-7-9-21(26)27)23-22(18,12-4-2)15-19(17)25/h10-11,16-19,24-25H,3,5-9,13-15H2,1-2H3,(H,26,27). The van der Waals surface area contributed by atoms with Crippen molar-refractivity contribution < 1.29 is 20.1 Å². The number of hydrogen-bond acceptors (Lipinski definition) is 5. The lowest BCUT2D eigenvalue weighted by atomic mass is 9.83. The van der Waals surface area contributed by atoms with E-state index in [2.05, 4.69) is 18.8 Å². The molecule has 0 saturated heterocycles. The summed E-state index contributed by atoms with van der Waals surface area (Å²) in [4.78, 5) is 15.5. The molecule has 3 N–H and O–H groups in total. The van der Waals surface area contributed by atoms with Crippen LogP contribution in [0.25, 0.3) is 0 Å².